The van der Waals surface area contributed by atoms with Gasteiger partial charge in [-0.3, -0.25) is 5.10 Å². The van der Waals surface area contributed by atoms with Gasteiger partial charge in [0.15, 0.2) is 5.82 Å². The molecule has 5 rings (SSSR count). The zero-order valence-corrected chi connectivity index (χ0v) is 20.3. The standard InChI is InChI=1S/C25H23ClN7P/c1-34(2)22-9-4-3-8-21(22)30-24-19(26)14-28-25(31-24)29-17-10-11-20-18(13-17)23(33-32-20)15-6-5-7-16(27)12-15/h3-14H,27H2,1-2H3,(H,32,33)(H2,28,29,30,31). The topological polar surface area (TPSA) is 105 Å². The first-order valence-electron chi connectivity index (χ1n) is 10.6. The monoisotopic (exact) mass is 487 g/mol. The first-order chi connectivity index (χ1) is 16.5. The number of nitrogen functional groups attached to an aromatic ring is 1. The average molecular weight is 488 g/mol. The fraction of sp³-hybridized carbons (Fsp3) is 0.0800. The highest BCUT2D eigenvalue weighted by Gasteiger charge is 2.12. The maximum Gasteiger partial charge on any atom is 0.229 e. The molecule has 0 radical (unpaired) electrons. The van der Waals surface area contributed by atoms with E-state index >= 15 is 0 Å². The summed E-state index contributed by atoms with van der Waals surface area (Å²) in [6, 6.07) is 21.8. The van der Waals surface area contributed by atoms with Crippen LogP contribution in [0.4, 0.5) is 28.8 Å². The van der Waals surface area contributed by atoms with E-state index in [-0.39, 0.29) is 7.92 Å². The highest BCUT2D eigenvalue weighted by atomic mass is 35.5. The van der Waals surface area contributed by atoms with Crippen LogP contribution in [0.25, 0.3) is 22.2 Å². The summed E-state index contributed by atoms with van der Waals surface area (Å²) in [5.74, 6) is 0.987. The molecule has 0 unspecified atom stereocenters. The number of nitrogens with two attached hydrogens (primary N) is 1. The highest BCUT2D eigenvalue weighted by molar-refractivity contribution is 7.64. The molecule has 0 bridgehead atoms. The van der Waals surface area contributed by atoms with E-state index in [0.717, 1.165) is 33.5 Å². The fourth-order valence-corrected chi connectivity index (χ4v) is 4.87. The number of rotatable bonds is 6. The molecule has 5 N–H and O–H groups in total. The SMILES string of the molecule is CP(C)c1ccccc1Nc1nc(Nc2ccc3[nH]nc(-c4cccc(N)c4)c3c2)ncc1Cl. The van der Waals surface area contributed by atoms with Crippen LogP contribution >= 0.6 is 19.5 Å². The van der Waals surface area contributed by atoms with Crippen LogP contribution in [-0.2, 0) is 0 Å². The van der Waals surface area contributed by atoms with Crippen molar-refractivity contribution in [2.45, 2.75) is 0 Å². The summed E-state index contributed by atoms with van der Waals surface area (Å²) < 4.78 is 0. The molecular weight excluding hydrogens is 465 g/mol. The van der Waals surface area contributed by atoms with Gasteiger partial charge in [-0.15, -0.1) is 0 Å². The average Bonchev–Trinajstić information content (AvgIpc) is 3.25. The Labute approximate surface area is 203 Å². The third-order valence-electron chi connectivity index (χ3n) is 5.36. The number of H-pyrrole nitrogens is 1. The minimum Gasteiger partial charge on any atom is -0.399 e. The maximum absolute atomic E-state index is 6.41. The molecule has 170 valence electrons. The van der Waals surface area contributed by atoms with Gasteiger partial charge in [0.05, 0.1) is 11.7 Å². The number of aromatic amines is 1. The number of aromatic nitrogens is 4. The lowest BCUT2D eigenvalue weighted by molar-refractivity contribution is 1.12. The molecule has 0 aliphatic heterocycles. The van der Waals surface area contributed by atoms with Crippen molar-refractivity contribution in [3.8, 4) is 11.3 Å². The van der Waals surface area contributed by atoms with Gasteiger partial charge < -0.3 is 16.4 Å². The number of hydrogen-bond acceptors (Lipinski definition) is 6. The Hall–Kier alpha value is -3.67. The molecule has 2 heterocycles. The Morgan fingerprint density at radius 1 is 0.971 bits per heavy atom. The van der Waals surface area contributed by atoms with Gasteiger partial charge in [0.1, 0.15) is 10.7 Å². The second kappa shape index (κ2) is 9.29. The van der Waals surface area contributed by atoms with E-state index in [4.69, 9.17) is 17.3 Å². The molecule has 0 saturated heterocycles. The molecule has 9 heteroatoms. The highest BCUT2D eigenvalue weighted by Crippen LogP contribution is 2.32. The van der Waals surface area contributed by atoms with E-state index < -0.39 is 0 Å². The molecule has 34 heavy (non-hydrogen) atoms. The molecule has 5 aromatic rings. The van der Waals surface area contributed by atoms with E-state index in [9.17, 15) is 0 Å². The van der Waals surface area contributed by atoms with Crippen molar-refractivity contribution < 1.29 is 0 Å². The van der Waals surface area contributed by atoms with E-state index in [0.29, 0.717) is 22.5 Å². The zero-order valence-electron chi connectivity index (χ0n) is 18.7. The summed E-state index contributed by atoms with van der Waals surface area (Å²) in [4.78, 5) is 8.99. The summed E-state index contributed by atoms with van der Waals surface area (Å²) in [7, 11) is -0.288. The van der Waals surface area contributed by atoms with Crippen molar-refractivity contribution in [3.05, 3.63) is 77.9 Å². The Bertz CT molecular complexity index is 1480. The number of fused-ring (bicyclic) bond motifs is 1. The Kier molecular flexibility index (Phi) is 6.05. The number of para-hydroxylation sites is 1. The molecule has 0 atom stereocenters. The second-order valence-electron chi connectivity index (χ2n) is 8.01. The van der Waals surface area contributed by atoms with Crippen molar-refractivity contribution in [3.63, 3.8) is 0 Å². The van der Waals surface area contributed by atoms with Crippen LogP contribution in [-0.4, -0.2) is 33.5 Å². The van der Waals surface area contributed by atoms with Crippen molar-refractivity contribution >= 4 is 64.6 Å². The van der Waals surface area contributed by atoms with Gasteiger partial charge in [0.2, 0.25) is 5.95 Å². The minimum absolute atomic E-state index is 0.288. The molecule has 0 spiro atoms. The third-order valence-corrected chi connectivity index (χ3v) is 6.99. The van der Waals surface area contributed by atoms with Gasteiger partial charge in [-0.05, 0) is 55.0 Å². The number of nitrogens with zero attached hydrogens (tertiary/aromatic N) is 3. The lowest BCUT2D eigenvalue weighted by Gasteiger charge is -2.15. The molecule has 0 fully saturated rings. The predicted molar refractivity (Wildman–Crippen MR) is 144 cm³/mol. The normalized spacial score (nSPS) is 11.2. The summed E-state index contributed by atoms with van der Waals surface area (Å²) in [5.41, 5.74) is 11.2. The van der Waals surface area contributed by atoms with Gasteiger partial charge in [-0.1, -0.05) is 49.9 Å². The molecule has 0 amide bonds. The molecule has 0 saturated carbocycles. The van der Waals surface area contributed by atoms with Crippen molar-refractivity contribution in [1.29, 1.82) is 0 Å². The van der Waals surface area contributed by atoms with E-state index in [1.54, 1.807) is 6.20 Å². The predicted octanol–water partition coefficient (Wildman–Crippen LogP) is 6.11. The largest absolute Gasteiger partial charge is 0.399 e. The number of benzene rings is 3. The quantitative estimate of drug-likeness (QED) is 0.170. The smallest absolute Gasteiger partial charge is 0.229 e. The summed E-state index contributed by atoms with van der Waals surface area (Å²) in [6.07, 6.45) is 1.59. The first kappa shape index (κ1) is 22.1. The van der Waals surface area contributed by atoms with Crippen LogP contribution in [0.2, 0.25) is 5.02 Å². The number of halogens is 1. The van der Waals surface area contributed by atoms with Gasteiger partial charge in [0.25, 0.3) is 0 Å². The summed E-state index contributed by atoms with van der Waals surface area (Å²) in [6.45, 7) is 4.43. The maximum atomic E-state index is 6.41. The third kappa shape index (κ3) is 4.53. The van der Waals surface area contributed by atoms with Crippen LogP contribution in [0.5, 0.6) is 0 Å². The van der Waals surface area contributed by atoms with E-state index in [2.05, 4.69) is 50.2 Å². The van der Waals surface area contributed by atoms with Crippen LogP contribution in [0.3, 0.4) is 0 Å². The lowest BCUT2D eigenvalue weighted by atomic mass is 10.1. The van der Waals surface area contributed by atoms with E-state index in [1.807, 2.05) is 60.7 Å². The summed E-state index contributed by atoms with van der Waals surface area (Å²) in [5, 5.41) is 16.9. The lowest BCUT2D eigenvalue weighted by Crippen LogP contribution is -2.09. The molecule has 0 aliphatic rings. The van der Waals surface area contributed by atoms with Crippen LogP contribution in [0, 0.1) is 0 Å². The van der Waals surface area contributed by atoms with Gasteiger partial charge >= 0.3 is 0 Å². The van der Waals surface area contributed by atoms with Gasteiger partial charge in [0, 0.05) is 28.0 Å². The first-order valence-corrected chi connectivity index (χ1v) is 13.3. The molecular formula is C25H23ClN7P. The van der Waals surface area contributed by atoms with E-state index in [1.165, 1.54) is 5.30 Å². The van der Waals surface area contributed by atoms with Crippen LogP contribution in [0.1, 0.15) is 0 Å². The molecule has 7 nitrogen and oxygen atoms in total. The van der Waals surface area contributed by atoms with Crippen molar-refractivity contribution in [2.24, 2.45) is 0 Å². The molecule has 0 aliphatic carbocycles. The molecule has 3 aromatic carbocycles. The Balaban J connectivity index is 1.45. The van der Waals surface area contributed by atoms with Gasteiger partial charge in [-0.25, -0.2) is 4.98 Å². The summed E-state index contributed by atoms with van der Waals surface area (Å²) >= 11 is 6.41. The minimum atomic E-state index is -0.288. The van der Waals surface area contributed by atoms with Crippen molar-refractivity contribution in [1.82, 2.24) is 20.2 Å². The van der Waals surface area contributed by atoms with Crippen LogP contribution in [0.15, 0.2) is 72.9 Å². The number of anilines is 5. The van der Waals surface area contributed by atoms with Crippen LogP contribution < -0.4 is 21.7 Å². The fourth-order valence-electron chi connectivity index (χ4n) is 3.74. The second-order valence-corrected chi connectivity index (χ2v) is 10.7. The van der Waals surface area contributed by atoms with Crippen molar-refractivity contribution in [2.75, 3.05) is 29.7 Å². The molecule has 2 aromatic heterocycles. The zero-order chi connectivity index (χ0) is 23.7. The number of nitrogens with one attached hydrogen (secondary N) is 3. The Morgan fingerprint density at radius 3 is 2.65 bits per heavy atom. The number of hydrogen-bond donors (Lipinski definition) is 4. The Morgan fingerprint density at radius 2 is 1.82 bits per heavy atom. The van der Waals surface area contributed by atoms with Gasteiger partial charge in [-0.2, -0.15) is 10.1 Å².